The maximum atomic E-state index is 12.2. The lowest BCUT2D eigenvalue weighted by molar-refractivity contribution is -0.124. The van der Waals surface area contributed by atoms with Crippen molar-refractivity contribution in [3.63, 3.8) is 0 Å². The van der Waals surface area contributed by atoms with Crippen LogP contribution in [0.5, 0.6) is 0 Å². The Kier molecular flexibility index (Phi) is 7.98. The van der Waals surface area contributed by atoms with Gasteiger partial charge in [-0.3, -0.25) is 4.79 Å². The van der Waals surface area contributed by atoms with E-state index in [9.17, 15) is 4.79 Å². The van der Waals surface area contributed by atoms with E-state index in [-0.39, 0.29) is 35.7 Å². The van der Waals surface area contributed by atoms with Crippen LogP contribution in [-0.2, 0) is 10.2 Å². The molecule has 0 saturated heterocycles. The number of hydrogen-bond donors (Lipinski definition) is 2. The first-order chi connectivity index (χ1) is 9.30. The van der Waals surface area contributed by atoms with Crippen LogP contribution in [0.4, 0.5) is 0 Å². The Bertz CT molecular complexity index is 434. The highest BCUT2D eigenvalue weighted by Crippen LogP contribution is 2.26. The Balaban J connectivity index is 0.00000400. The molecular formula is C17H29ClN2O. The minimum Gasteiger partial charge on any atom is -0.351 e. The molecule has 0 saturated carbocycles. The number of nitrogens with two attached hydrogens (primary N) is 1. The first-order valence-electron chi connectivity index (χ1n) is 7.42. The summed E-state index contributed by atoms with van der Waals surface area (Å²) in [6.45, 7) is 10.4. The van der Waals surface area contributed by atoms with Crippen LogP contribution in [0.3, 0.4) is 0 Å². The van der Waals surface area contributed by atoms with Gasteiger partial charge in [0.25, 0.3) is 0 Å². The second-order valence-corrected chi connectivity index (χ2v) is 6.23. The topological polar surface area (TPSA) is 55.1 Å². The fourth-order valence-electron chi connectivity index (χ4n) is 2.12. The summed E-state index contributed by atoms with van der Waals surface area (Å²) >= 11 is 0. The van der Waals surface area contributed by atoms with Crippen LogP contribution in [0.25, 0.3) is 0 Å². The van der Waals surface area contributed by atoms with E-state index in [1.807, 2.05) is 32.0 Å². The highest BCUT2D eigenvalue weighted by Gasteiger charge is 2.30. The van der Waals surface area contributed by atoms with Gasteiger partial charge in [-0.25, -0.2) is 0 Å². The average Bonchev–Trinajstić information content (AvgIpc) is 2.46. The van der Waals surface area contributed by atoms with Crippen molar-refractivity contribution in [3.8, 4) is 0 Å². The molecule has 0 fully saturated rings. The Morgan fingerprint density at radius 3 is 2.24 bits per heavy atom. The van der Waals surface area contributed by atoms with Crippen LogP contribution >= 0.6 is 12.4 Å². The van der Waals surface area contributed by atoms with E-state index in [0.717, 1.165) is 6.42 Å². The first-order valence-corrected chi connectivity index (χ1v) is 7.42. The van der Waals surface area contributed by atoms with Gasteiger partial charge in [0.15, 0.2) is 0 Å². The number of nitrogens with one attached hydrogen (secondary N) is 1. The summed E-state index contributed by atoms with van der Waals surface area (Å²) in [6.07, 6.45) is 0.908. The van der Waals surface area contributed by atoms with Gasteiger partial charge in [-0.2, -0.15) is 0 Å². The Labute approximate surface area is 135 Å². The van der Waals surface area contributed by atoms with E-state index in [1.54, 1.807) is 0 Å². The molecule has 3 unspecified atom stereocenters. The number of carbonyl (C=O) groups is 1. The monoisotopic (exact) mass is 312 g/mol. The van der Waals surface area contributed by atoms with Crippen LogP contribution in [-0.4, -0.2) is 18.0 Å². The van der Waals surface area contributed by atoms with Crippen molar-refractivity contribution in [2.75, 3.05) is 0 Å². The van der Waals surface area contributed by atoms with Crippen LogP contribution in [0, 0.1) is 5.92 Å². The molecule has 120 valence electrons. The van der Waals surface area contributed by atoms with Crippen LogP contribution in [0.15, 0.2) is 30.3 Å². The quantitative estimate of drug-likeness (QED) is 0.847. The molecule has 1 amide bonds. The van der Waals surface area contributed by atoms with Crippen LogP contribution in [0.2, 0.25) is 0 Å². The molecule has 1 aromatic rings. The van der Waals surface area contributed by atoms with E-state index >= 15 is 0 Å². The van der Waals surface area contributed by atoms with E-state index in [4.69, 9.17) is 5.73 Å². The minimum atomic E-state index is -0.436. The molecule has 3 atom stereocenters. The summed E-state index contributed by atoms with van der Waals surface area (Å²) in [4.78, 5) is 12.2. The van der Waals surface area contributed by atoms with Crippen molar-refractivity contribution < 1.29 is 4.79 Å². The van der Waals surface area contributed by atoms with Crippen LogP contribution in [0.1, 0.15) is 46.6 Å². The molecule has 4 heteroatoms. The molecule has 0 heterocycles. The van der Waals surface area contributed by atoms with Gasteiger partial charge in [-0.1, -0.05) is 64.4 Å². The summed E-state index contributed by atoms with van der Waals surface area (Å²) in [7, 11) is 0. The maximum Gasteiger partial charge on any atom is 0.237 e. The predicted octanol–water partition coefficient (Wildman–Crippen LogP) is 3.26. The second-order valence-electron chi connectivity index (χ2n) is 6.23. The Morgan fingerprint density at radius 1 is 1.24 bits per heavy atom. The highest BCUT2D eigenvalue weighted by atomic mass is 35.5. The summed E-state index contributed by atoms with van der Waals surface area (Å²) in [5.41, 5.74) is 7.07. The minimum absolute atomic E-state index is 0. The number of benzene rings is 1. The van der Waals surface area contributed by atoms with Crippen molar-refractivity contribution in [1.29, 1.82) is 0 Å². The van der Waals surface area contributed by atoms with E-state index in [0.29, 0.717) is 0 Å². The van der Waals surface area contributed by atoms with Gasteiger partial charge in [-0.15, -0.1) is 12.4 Å². The molecule has 3 N–H and O–H groups in total. The molecular weight excluding hydrogens is 284 g/mol. The smallest absolute Gasteiger partial charge is 0.237 e. The van der Waals surface area contributed by atoms with Crippen molar-refractivity contribution in [3.05, 3.63) is 35.9 Å². The molecule has 3 nitrogen and oxygen atoms in total. The molecule has 0 aliphatic carbocycles. The summed E-state index contributed by atoms with van der Waals surface area (Å²) in [5.74, 6) is 0.137. The fraction of sp³-hybridized carbons (Fsp3) is 0.588. The largest absolute Gasteiger partial charge is 0.351 e. The van der Waals surface area contributed by atoms with Gasteiger partial charge >= 0.3 is 0 Å². The third kappa shape index (κ3) is 5.01. The number of halogens is 1. The summed E-state index contributed by atoms with van der Waals surface area (Å²) in [5, 5.41) is 3.07. The number of amides is 1. The van der Waals surface area contributed by atoms with Gasteiger partial charge in [0.2, 0.25) is 5.91 Å². The van der Waals surface area contributed by atoms with Gasteiger partial charge in [0, 0.05) is 11.5 Å². The molecule has 1 aromatic carbocycles. The van der Waals surface area contributed by atoms with Crippen molar-refractivity contribution in [2.45, 2.75) is 58.5 Å². The van der Waals surface area contributed by atoms with E-state index in [1.165, 1.54) is 5.56 Å². The lowest BCUT2D eigenvalue weighted by atomic mass is 9.78. The highest BCUT2D eigenvalue weighted by molar-refractivity contribution is 5.85. The number of hydrogen-bond acceptors (Lipinski definition) is 2. The van der Waals surface area contributed by atoms with E-state index < -0.39 is 6.04 Å². The molecule has 0 aliphatic rings. The molecule has 21 heavy (non-hydrogen) atoms. The lowest BCUT2D eigenvalue weighted by Crippen LogP contribution is -2.52. The summed E-state index contributed by atoms with van der Waals surface area (Å²) in [6, 6.07) is 9.82. The third-order valence-corrected chi connectivity index (χ3v) is 4.52. The molecule has 0 aromatic heterocycles. The normalized spacial score (nSPS) is 15.5. The molecule has 0 radical (unpaired) electrons. The number of rotatable bonds is 6. The molecule has 1 rings (SSSR count). The second kappa shape index (κ2) is 8.40. The third-order valence-electron chi connectivity index (χ3n) is 4.52. The predicted molar refractivity (Wildman–Crippen MR) is 91.8 cm³/mol. The Hall–Kier alpha value is -1.06. The first kappa shape index (κ1) is 19.9. The zero-order valence-corrected chi connectivity index (χ0v) is 14.5. The Morgan fingerprint density at radius 2 is 1.76 bits per heavy atom. The van der Waals surface area contributed by atoms with Crippen molar-refractivity contribution >= 4 is 18.3 Å². The molecule has 0 aliphatic heterocycles. The standard InChI is InChI=1S/C17H28N2O.ClH/c1-6-12(2)15(18)16(20)19-13(3)17(4,5)14-10-8-7-9-11-14;/h7-13,15H,6,18H2,1-5H3,(H,19,20);1H. The van der Waals surface area contributed by atoms with Gasteiger partial charge in [0.05, 0.1) is 6.04 Å². The van der Waals surface area contributed by atoms with Gasteiger partial charge < -0.3 is 11.1 Å². The van der Waals surface area contributed by atoms with Gasteiger partial charge in [0.1, 0.15) is 0 Å². The zero-order chi connectivity index (χ0) is 15.3. The molecule has 0 bridgehead atoms. The lowest BCUT2D eigenvalue weighted by Gasteiger charge is -2.34. The SMILES string of the molecule is CCC(C)C(N)C(=O)NC(C)C(C)(C)c1ccccc1.Cl. The summed E-state index contributed by atoms with van der Waals surface area (Å²) < 4.78 is 0. The van der Waals surface area contributed by atoms with Crippen LogP contribution < -0.4 is 11.1 Å². The van der Waals surface area contributed by atoms with Crippen molar-refractivity contribution in [1.82, 2.24) is 5.32 Å². The van der Waals surface area contributed by atoms with E-state index in [2.05, 4.69) is 38.2 Å². The van der Waals surface area contributed by atoms with Crippen molar-refractivity contribution in [2.24, 2.45) is 11.7 Å². The average molecular weight is 313 g/mol. The number of carbonyl (C=O) groups excluding carboxylic acids is 1. The molecule has 0 spiro atoms. The fourth-order valence-corrected chi connectivity index (χ4v) is 2.12. The maximum absolute atomic E-state index is 12.2. The zero-order valence-electron chi connectivity index (χ0n) is 13.7. The van der Waals surface area contributed by atoms with Gasteiger partial charge in [-0.05, 0) is 18.4 Å².